The SMILES string of the molecule is C=C(/C(=C\C)C(C)=O)c1ccc(C)cc1. The minimum absolute atomic E-state index is 0.0584. The van der Waals surface area contributed by atoms with Crippen LogP contribution in [0.3, 0.4) is 0 Å². The number of hydrogen-bond donors (Lipinski definition) is 0. The monoisotopic (exact) mass is 200 g/mol. The van der Waals surface area contributed by atoms with Gasteiger partial charge in [-0.25, -0.2) is 0 Å². The standard InChI is InChI=1S/C14H16O/c1-5-14(12(4)15)11(3)13-8-6-10(2)7-9-13/h5-9H,3H2,1-2,4H3/b14-5+. The molecule has 0 bridgehead atoms. The van der Waals surface area contributed by atoms with Gasteiger partial charge >= 0.3 is 0 Å². The maximum atomic E-state index is 11.3. The smallest absolute Gasteiger partial charge is 0.160 e. The Hall–Kier alpha value is -1.63. The van der Waals surface area contributed by atoms with E-state index in [1.54, 1.807) is 6.92 Å². The van der Waals surface area contributed by atoms with Gasteiger partial charge in [-0.15, -0.1) is 0 Å². The molecule has 1 heteroatoms. The molecule has 0 aliphatic carbocycles. The fraction of sp³-hybridized carbons (Fsp3) is 0.214. The largest absolute Gasteiger partial charge is 0.295 e. The lowest BCUT2D eigenvalue weighted by atomic mass is 9.96. The van der Waals surface area contributed by atoms with Crippen LogP contribution in [-0.4, -0.2) is 5.78 Å². The van der Waals surface area contributed by atoms with Crippen LogP contribution in [0.4, 0.5) is 0 Å². The first-order valence-electron chi connectivity index (χ1n) is 5.00. The molecule has 0 N–H and O–H groups in total. The maximum Gasteiger partial charge on any atom is 0.160 e. The average Bonchev–Trinajstić information content (AvgIpc) is 2.19. The summed E-state index contributed by atoms with van der Waals surface area (Å²) in [5.74, 6) is 0.0584. The zero-order valence-electron chi connectivity index (χ0n) is 9.50. The van der Waals surface area contributed by atoms with Crippen LogP contribution in [0.15, 0.2) is 42.5 Å². The van der Waals surface area contributed by atoms with Crippen molar-refractivity contribution >= 4 is 11.4 Å². The van der Waals surface area contributed by atoms with Crippen molar-refractivity contribution in [2.45, 2.75) is 20.8 Å². The predicted molar refractivity (Wildman–Crippen MR) is 64.7 cm³/mol. The second-order valence-corrected chi connectivity index (χ2v) is 3.60. The molecule has 0 fully saturated rings. The fourth-order valence-electron chi connectivity index (χ4n) is 1.50. The Morgan fingerprint density at radius 1 is 1.27 bits per heavy atom. The van der Waals surface area contributed by atoms with Gasteiger partial charge in [-0.3, -0.25) is 4.79 Å². The molecular weight excluding hydrogens is 184 g/mol. The van der Waals surface area contributed by atoms with E-state index in [9.17, 15) is 4.79 Å². The summed E-state index contributed by atoms with van der Waals surface area (Å²) in [5.41, 5.74) is 3.70. The molecule has 1 aromatic rings. The summed E-state index contributed by atoms with van der Waals surface area (Å²) in [4.78, 5) is 11.3. The Kier molecular flexibility index (Phi) is 3.62. The van der Waals surface area contributed by atoms with Crippen molar-refractivity contribution in [3.05, 3.63) is 53.6 Å². The van der Waals surface area contributed by atoms with Crippen molar-refractivity contribution < 1.29 is 4.79 Å². The van der Waals surface area contributed by atoms with E-state index in [0.717, 1.165) is 11.1 Å². The lowest BCUT2D eigenvalue weighted by Crippen LogP contribution is -1.98. The minimum Gasteiger partial charge on any atom is -0.295 e. The fourth-order valence-corrected chi connectivity index (χ4v) is 1.50. The molecule has 0 aromatic heterocycles. The van der Waals surface area contributed by atoms with Gasteiger partial charge in [-0.2, -0.15) is 0 Å². The van der Waals surface area contributed by atoms with Gasteiger partial charge in [0.25, 0.3) is 0 Å². The molecule has 15 heavy (non-hydrogen) atoms. The van der Waals surface area contributed by atoms with Crippen LogP contribution in [0.2, 0.25) is 0 Å². The highest BCUT2D eigenvalue weighted by Crippen LogP contribution is 2.21. The van der Waals surface area contributed by atoms with Gasteiger partial charge in [0.2, 0.25) is 0 Å². The molecular formula is C14H16O. The first-order valence-corrected chi connectivity index (χ1v) is 5.00. The van der Waals surface area contributed by atoms with Gasteiger partial charge in [0.1, 0.15) is 0 Å². The summed E-state index contributed by atoms with van der Waals surface area (Å²) in [5, 5.41) is 0. The summed E-state index contributed by atoms with van der Waals surface area (Å²) in [6, 6.07) is 8.02. The molecule has 0 spiro atoms. The highest BCUT2D eigenvalue weighted by atomic mass is 16.1. The van der Waals surface area contributed by atoms with Crippen LogP contribution in [0.1, 0.15) is 25.0 Å². The molecule has 1 rings (SSSR count). The van der Waals surface area contributed by atoms with Crippen LogP contribution < -0.4 is 0 Å². The van der Waals surface area contributed by atoms with Crippen molar-refractivity contribution in [2.75, 3.05) is 0 Å². The number of hydrogen-bond acceptors (Lipinski definition) is 1. The van der Waals surface area contributed by atoms with E-state index in [4.69, 9.17) is 0 Å². The molecule has 0 aliphatic heterocycles. The van der Waals surface area contributed by atoms with Crippen LogP contribution in [0.5, 0.6) is 0 Å². The maximum absolute atomic E-state index is 11.3. The molecule has 0 amide bonds. The number of allylic oxidation sites excluding steroid dienone is 3. The van der Waals surface area contributed by atoms with Crippen LogP contribution in [0.25, 0.3) is 5.57 Å². The highest BCUT2D eigenvalue weighted by molar-refractivity contribution is 6.08. The Labute approximate surface area is 91.1 Å². The van der Waals surface area contributed by atoms with Crippen molar-refractivity contribution in [1.29, 1.82) is 0 Å². The molecule has 0 aliphatic rings. The van der Waals surface area contributed by atoms with Gasteiger partial charge in [0.05, 0.1) is 0 Å². The van der Waals surface area contributed by atoms with Gasteiger partial charge in [0.15, 0.2) is 5.78 Å². The number of rotatable bonds is 3. The molecule has 1 aromatic carbocycles. The van der Waals surface area contributed by atoms with Crippen LogP contribution in [-0.2, 0) is 4.79 Å². The average molecular weight is 200 g/mol. The third-order valence-electron chi connectivity index (χ3n) is 2.39. The zero-order valence-corrected chi connectivity index (χ0v) is 9.50. The van der Waals surface area contributed by atoms with E-state index in [2.05, 4.69) is 6.58 Å². The van der Waals surface area contributed by atoms with Gasteiger partial charge in [-0.05, 0) is 31.9 Å². The number of aryl methyl sites for hydroxylation is 1. The summed E-state index contributed by atoms with van der Waals surface area (Å²) in [6.45, 7) is 9.42. The normalized spacial score (nSPS) is 11.3. The minimum atomic E-state index is 0.0584. The first kappa shape index (κ1) is 11.4. The van der Waals surface area contributed by atoms with Gasteiger partial charge in [0, 0.05) is 5.57 Å². The third-order valence-corrected chi connectivity index (χ3v) is 2.39. The lowest BCUT2D eigenvalue weighted by Gasteiger charge is -2.07. The highest BCUT2D eigenvalue weighted by Gasteiger charge is 2.08. The molecule has 0 heterocycles. The van der Waals surface area contributed by atoms with E-state index in [1.165, 1.54) is 5.56 Å². The van der Waals surface area contributed by atoms with E-state index < -0.39 is 0 Å². The number of Topliss-reactive ketones (excluding diaryl/α,β-unsaturated/α-hetero) is 1. The number of carbonyl (C=O) groups excluding carboxylic acids is 1. The molecule has 78 valence electrons. The predicted octanol–water partition coefficient (Wildman–Crippen LogP) is 3.54. The molecule has 0 unspecified atom stereocenters. The molecule has 0 saturated heterocycles. The number of benzene rings is 1. The van der Waals surface area contributed by atoms with E-state index in [1.807, 2.05) is 44.2 Å². The Bertz CT molecular complexity index is 407. The van der Waals surface area contributed by atoms with Crippen molar-refractivity contribution in [1.82, 2.24) is 0 Å². The van der Waals surface area contributed by atoms with Crippen molar-refractivity contribution in [3.63, 3.8) is 0 Å². The van der Waals surface area contributed by atoms with Crippen molar-refractivity contribution in [3.8, 4) is 0 Å². The van der Waals surface area contributed by atoms with E-state index >= 15 is 0 Å². The van der Waals surface area contributed by atoms with E-state index in [0.29, 0.717) is 5.57 Å². The topological polar surface area (TPSA) is 17.1 Å². The summed E-state index contributed by atoms with van der Waals surface area (Å²) < 4.78 is 0. The number of ketones is 1. The summed E-state index contributed by atoms with van der Waals surface area (Å²) in [7, 11) is 0. The molecule has 0 saturated carbocycles. The summed E-state index contributed by atoms with van der Waals surface area (Å²) in [6.07, 6.45) is 1.81. The Morgan fingerprint density at radius 3 is 2.20 bits per heavy atom. The van der Waals surface area contributed by atoms with Gasteiger partial charge < -0.3 is 0 Å². The van der Waals surface area contributed by atoms with Crippen molar-refractivity contribution in [2.24, 2.45) is 0 Å². The zero-order chi connectivity index (χ0) is 11.4. The van der Waals surface area contributed by atoms with E-state index in [-0.39, 0.29) is 5.78 Å². The molecule has 1 nitrogen and oxygen atoms in total. The van der Waals surface area contributed by atoms with Gasteiger partial charge in [-0.1, -0.05) is 42.5 Å². The number of carbonyl (C=O) groups is 1. The molecule has 0 atom stereocenters. The summed E-state index contributed by atoms with van der Waals surface area (Å²) >= 11 is 0. The second-order valence-electron chi connectivity index (χ2n) is 3.60. The van der Waals surface area contributed by atoms with Crippen LogP contribution in [0, 0.1) is 6.92 Å². The quantitative estimate of drug-likeness (QED) is 0.538. The Morgan fingerprint density at radius 2 is 1.80 bits per heavy atom. The first-order chi connectivity index (χ1) is 7.06. The second kappa shape index (κ2) is 4.74. The third kappa shape index (κ3) is 2.66. The molecule has 0 radical (unpaired) electrons. The Balaban J connectivity index is 3.04. The lowest BCUT2D eigenvalue weighted by molar-refractivity contribution is -0.113. The van der Waals surface area contributed by atoms with Crippen LogP contribution >= 0.6 is 0 Å².